The van der Waals surface area contributed by atoms with E-state index in [2.05, 4.69) is 57.0 Å². The van der Waals surface area contributed by atoms with Crippen LogP contribution in [0, 0.1) is 11.8 Å². The summed E-state index contributed by atoms with van der Waals surface area (Å²) in [5.74, 6) is 1.52. The van der Waals surface area contributed by atoms with Gasteiger partial charge in [0, 0.05) is 12.6 Å². The fraction of sp³-hybridized carbons (Fsp3) is 0.667. The molecule has 1 aliphatic rings. The Hall–Kier alpha value is -0.860. The van der Waals surface area contributed by atoms with Gasteiger partial charge in [0.05, 0.1) is 6.10 Å². The van der Waals surface area contributed by atoms with Crippen LogP contribution in [0.15, 0.2) is 24.3 Å². The molecule has 1 aliphatic carbocycles. The number of hydrogen-bond donors (Lipinski definition) is 1. The van der Waals surface area contributed by atoms with Crippen LogP contribution in [0.1, 0.15) is 50.8 Å². The van der Waals surface area contributed by atoms with Gasteiger partial charge in [-0.3, -0.25) is 0 Å². The molecule has 0 heterocycles. The van der Waals surface area contributed by atoms with E-state index in [1.165, 1.54) is 18.4 Å². The highest BCUT2D eigenvalue weighted by Gasteiger charge is 2.31. The molecular weight excluding hydrogens is 246 g/mol. The molecule has 0 aliphatic heterocycles. The highest BCUT2D eigenvalue weighted by Crippen LogP contribution is 2.35. The SMILES string of the molecule is CC(C)Cc1ccc(C(O)CN(C)C(C)C2CC2)cc1. The first kappa shape index (κ1) is 15.5. The second-order valence-corrected chi connectivity index (χ2v) is 6.87. The van der Waals surface area contributed by atoms with E-state index in [0.717, 1.165) is 24.4 Å². The predicted octanol–water partition coefficient (Wildman–Crippen LogP) is 3.65. The van der Waals surface area contributed by atoms with Crippen LogP contribution in [0.5, 0.6) is 0 Å². The molecule has 2 heteroatoms. The molecule has 2 nitrogen and oxygen atoms in total. The quantitative estimate of drug-likeness (QED) is 0.821. The van der Waals surface area contributed by atoms with E-state index in [4.69, 9.17) is 0 Å². The minimum atomic E-state index is -0.380. The van der Waals surface area contributed by atoms with E-state index in [-0.39, 0.29) is 6.10 Å². The lowest BCUT2D eigenvalue weighted by atomic mass is 10.00. The van der Waals surface area contributed by atoms with E-state index >= 15 is 0 Å². The zero-order chi connectivity index (χ0) is 14.7. The summed E-state index contributed by atoms with van der Waals surface area (Å²) in [4.78, 5) is 2.30. The van der Waals surface area contributed by atoms with Gasteiger partial charge in [-0.25, -0.2) is 0 Å². The summed E-state index contributed by atoms with van der Waals surface area (Å²) in [7, 11) is 2.12. The van der Waals surface area contributed by atoms with Crippen LogP contribution in [0.2, 0.25) is 0 Å². The Kier molecular flexibility index (Phi) is 5.22. The van der Waals surface area contributed by atoms with Gasteiger partial charge in [-0.2, -0.15) is 0 Å². The fourth-order valence-corrected chi connectivity index (χ4v) is 2.83. The number of hydrogen-bond acceptors (Lipinski definition) is 2. The van der Waals surface area contributed by atoms with Gasteiger partial charge in [0.2, 0.25) is 0 Å². The first-order chi connectivity index (χ1) is 9.47. The molecule has 0 aromatic heterocycles. The third kappa shape index (κ3) is 4.32. The summed E-state index contributed by atoms with van der Waals surface area (Å²) in [5.41, 5.74) is 2.39. The molecule has 0 spiro atoms. The van der Waals surface area contributed by atoms with Gasteiger partial charge < -0.3 is 10.0 Å². The van der Waals surface area contributed by atoms with Crippen LogP contribution in [0.3, 0.4) is 0 Å². The average molecular weight is 275 g/mol. The molecule has 0 saturated heterocycles. The second-order valence-electron chi connectivity index (χ2n) is 6.87. The van der Waals surface area contributed by atoms with Crippen molar-refractivity contribution in [3.05, 3.63) is 35.4 Å². The van der Waals surface area contributed by atoms with Gasteiger partial charge in [0.25, 0.3) is 0 Å². The number of likely N-dealkylation sites (N-methyl/N-ethyl adjacent to an activating group) is 1. The molecule has 0 bridgehead atoms. The normalized spacial score (nSPS) is 18.6. The number of aliphatic hydroxyl groups is 1. The minimum Gasteiger partial charge on any atom is -0.387 e. The maximum Gasteiger partial charge on any atom is 0.0916 e. The number of benzene rings is 1. The smallest absolute Gasteiger partial charge is 0.0916 e. The molecule has 112 valence electrons. The first-order valence-electron chi connectivity index (χ1n) is 7.94. The van der Waals surface area contributed by atoms with Crippen molar-refractivity contribution >= 4 is 0 Å². The van der Waals surface area contributed by atoms with Gasteiger partial charge in [0.1, 0.15) is 0 Å². The van der Waals surface area contributed by atoms with Crippen molar-refractivity contribution in [3.63, 3.8) is 0 Å². The molecule has 1 N–H and O–H groups in total. The lowest BCUT2D eigenvalue weighted by Crippen LogP contribution is -2.34. The summed E-state index contributed by atoms with van der Waals surface area (Å²) in [6.45, 7) is 7.46. The molecule has 2 rings (SSSR count). The lowest BCUT2D eigenvalue weighted by Gasteiger charge is -2.27. The van der Waals surface area contributed by atoms with Crippen molar-refractivity contribution in [2.75, 3.05) is 13.6 Å². The molecule has 1 saturated carbocycles. The van der Waals surface area contributed by atoms with E-state index in [9.17, 15) is 5.11 Å². The van der Waals surface area contributed by atoms with Crippen LogP contribution >= 0.6 is 0 Å². The Morgan fingerprint density at radius 1 is 1.15 bits per heavy atom. The van der Waals surface area contributed by atoms with Crippen LogP contribution in [0.25, 0.3) is 0 Å². The number of aliphatic hydroxyl groups excluding tert-OH is 1. The van der Waals surface area contributed by atoms with Gasteiger partial charge in [0.15, 0.2) is 0 Å². The highest BCUT2D eigenvalue weighted by atomic mass is 16.3. The third-order valence-corrected chi connectivity index (χ3v) is 4.47. The summed E-state index contributed by atoms with van der Waals surface area (Å²) in [6.07, 6.45) is 3.43. The topological polar surface area (TPSA) is 23.5 Å². The maximum absolute atomic E-state index is 10.4. The fourth-order valence-electron chi connectivity index (χ4n) is 2.83. The van der Waals surface area contributed by atoms with Crippen LogP contribution in [0.4, 0.5) is 0 Å². The molecule has 0 amide bonds. The zero-order valence-corrected chi connectivity index (χ0v) is 13.3. The molecular formula is C18H29NO. The third-order valence-electron chi connectivity index (χ3n) is 4.47. The summed E-state index contributed by atoms with van der Waals surface area (Å²) >= 11 is 0. The Labute approximate surface area is 123 Å². The van der Waals surface area contributed by atoms with Crippen LogP contribution in [-0.2, 0) is 6.42 Å². The molecule has 2 unspecified atom stereocenters. The van der Waals surface area contributed by atoms with Crippen molar-refractivity contribution in [1.82, 2.24) is 4.90 Å². The first-order valence-corrected chi connectivity index (χ1v) is 7.94. The van der Waals surface area contributed by atoms with E-state index in [1.807, 2.05) is 0 Å². The largest absolute Gasteiger partial charge is 0.387 e. The second kappa shape index (κ2) is 6.73. The molecule has 0 radical (unpaired) electrons. The van der Waals surface area contributed by atoms with E-state index in [1.54, 1.807) is 0 Å². The van der Waals surface area contributed by atoms with Crippen molar-refractivity contribution in [2.24, 2.45) is 11.8 Å². The Bertz CT molecular complexity index is 408. The van der Waals surface area contributed by atoms with Crippen LogP contribution < -0.4 is 0 Å². The van der Waals surface area contributed by atoms with Crippen molar-refractivity contribution in [2.45, 2.75) is 52.2 Å². The van der Waals surface area contributed by atoms with Crippen molar-refractivity contribution < 1.29 is 5.11 Å². The summed E-state index contributed by atoms with van der Waals surface area (Å²) < 4.78 is 0. The van der Waals surface area contributed by atoms with Crippen molar-refractivity contribution in [3.8, 4) is 0 Å². The standard InChI is InChI=1S/C18H29NO/c1-13(2)11-15-5-7-17(8-6-15)18(20)12-19(4)14(3)16-9-10-16/h5-8,13-14,16,18,20H,9-12H2,1-4H3. The molecule has 1 aromatic rings. The lowest BCUT2D eigenvalue weighted by molar-refractivity contribution is 0.103. The van der Waals surface area contributed by atoms with Gasteiger partial charge in [-0.05, 0) is 56.2 Å². The Morgan fingerprint density at radius 2 is 1.75 bits per heavy atom. The van der Waals surface area contributed by atoms with Crippen LogP contribution in [-0.4, -0.2) is 29.6 Å². The van der Waals surface area contributed by atoms with Gasteiger partial charge >= 0.3 is 0 Å². The minimum absolute atomic E-state index is 0.380. The van der Waals surface area contributed by atoms with Crippen molar-refractivity contribution in [1.29, 1.82) is 0 Å². The monoisotopic (exact) mass is 275 g/mol. The number of rotatable bonds is 7. The molecule has 2 atom stereocenters. The molecule has 1 fully saturated rings. The summed E-state index contributed by atoms with van der Waals surface area (Å²) in [5, 5.41) is 10.4. The highest BCUT2D eigenvalue weighted by molar-refractivity contribution is 5.24. The maximum atomic E-state index is 10.4. The zero-order valence-electron chi connectivity index (χ0n) is 13.3. The average Bonchev–Trinajstić information content (AvgIpc) is 3.22. The van der Waals surface area contributed by atoms with Gasteiger partial charge in [-0.15, -0.1) is 0 Å². The van der Waals surface area contributed by atoms with Gasteiger partial charge in [-0.1, -0.05) is 38.1 Å². The predicted molar refractivity (Wildman–Crippen MR) is 84.8 cm³/mol. The number of nitrogens with zero attached hydrogens (tertiary/aromatic N) is 1. The van der Waals surface area contributed by atoms with E-state index < -0.39 is 0 Å². The summed E-state index contributed by atoms with van der Waals surface area (Å²) in [6, 6.07) is 9.06. The Balaban J connectivity index is 1.89. The molecule has 1 aromatic carbocycles. The molecule has 20 heavy (non-hydrogen) atoms. The Morgan fingerprint density at radius 3 is 2.25 bits per heavy atom. The van der Waals surface area contributed by atoms with E-state index in [0.29, 0.717) is 12.0 Å².